The largest absolute Gasteiger partial charge is 0.481 e. The summed E-state index contributed by atoms with van der Waals surface area (Å²) in [7, 11) is 0. The first kappa shape index (κ1) is 16.3. The van der Waals surface area contributed by atoms with E-state index in [-0.39, 0.29) is 29.9 Å². The molecule has 2 aliphatic carbocycles. The molecule has 2 atom stereocenters. The fraction of sp³-hybridized carbons (Fsp3) is 0.471. The first-order valence-electron chi connectivity index (χ1n) is 8.22. The van der Waals surface area contributed by atoms with Gasteiger partial charge in [0.2, 0.25) is 0 Å². The molecule has 0 aromatic heterocycles. The van der Waals surface area contributed by atoms with E-state index in [1.54, 1.807) is 24.3 Å². The van der Waals surface area contributed by atoms with E-state index in [1.807, 2.05) is 0 Å². The molecule has 0 unspecified atom stereocenters. The highest BCUT2D eigenvalue weighted by atomic mass is 16.4. The summed E-state index contributed by atoms with van der Waals surface area (Å²) in [6.07, 6.45) is 3.74. The van der Waals surface area contributed by atoms with Crippen molar-refractivity contribution in [1.29, 1.82) is 0 Å². The van der Waals surface area contributed by atoms with Gasteiger partial charge in [0.15, 0.2) is 0 Å². The maximum atomic E-state index is 12.3. The van der Waals surface area contributed by atoms with Crippen LogP contribution in [0.15, 0.2) is 24.3 Å². The van der Waals surface area contributed by atoms with Crippen LogP contribution in [0.1, 0.15) is 42.5 Å². The van der Waals surface area contributed by atoms with Crippen LogP contribution >= 0.6 is 0 Å². The van der Waals surface area contributed by atoms with E-state index in [4.69, 9.17) is 5.11 Å². The number of hydrogen-bond acceptors (Lipinski definition) is 3. The van der Waals surface area contributed by atoms with Gasteiger partial charge in [-0.15, -0.1) is 0 Å². The standard InChI is InChI=1S/C17H21N3O4/c21-15(18-14-5-4-11(9-14)16(22)23)10-2-1-3-13(8-10)20-17(24)19-12-6-7-12/h1-3,8,11-12,14H,4-7,9H2,(H,18,21)(H,22,23)(H2,19,20,24)/t11-,14+/m1/s1. The van der Waals surface area contributed by atoms with E-state index in [1.165, 1.54) is 0 Å². The number of carbonyl (C=O) groups is 3. The molecule has 7 nitrogen and oxygen atoms in total. The molecule has 24 heavy (non-hydrogen) atoms. The molecule has 3 rings (SSSR count). The molecule has 7 heteroatoms. The zero-order chi connectivity index (χ0) is 17.1. The zero-order valence-corrected chi connectivity index (χ0v) is 13.2. The van der Waals surface area contributed by atoms with E-state index >= 15 is 0 Å². The number of carboxylic acid groups (broad SMARTS) is 1. The fourth-order valence-corrected chi connectivity index (χ4v) is 2.92. The summed E-state index contributed by atoms with van der Waals surface area (Å²) in [5.74, 6) is -1.44. The third-order valence-corrected chi connectivity index (χ3v) is 4.41. The number of amides is 3. The van der Waals surface area contributed by atoms with Crippen molar-refractivity contribution in [3.63, 3.8) is 0 Å². The van der Waals surface area contributed by atoms with Gasteiger partial charge in [-0.25, -0.2) is 4.79 Å². The van der Waals surface area contributed by atoms with Crippen LogP contribution < -0.4 is 16.0 Å². The normalized spacial score (nSPS) is 22.7. The second kappa shape index (κ2) is 6.90. The van der Waals surface area contributed by atoms with Crippen LogP contribution in [0.3, 0.4) is 0 Å². The van der Waals surface area contributed by atoms with Crippen LogP contribution in [-0.4, -0.2) is 35.1 Å². The molecule has 2 saturated carbocycles. The van der Waals surface area contributed by atoms with Crippen molar-refractivity contribution < 1.29 is 19.5 Å². The number of hydrogen-bond donors (Lipinski definition) is 4. The molecule has 1 aromatic rings. The molecule has 0 bridgehead atoms. The molecule has 1 aromatic carbocycles. The number of carboxylic acids is 1. The van der Waals surface area contributed by atoms with Crippen LogP contribution in [0.5, 0.6) is 0 Å². The Morgan fingerprint density at radius 3 is 2.42 bits per heavy atom. The summed E-state index contributed by atoms with van der Waals surface area (Å²) in [6, 6.07) is 6.59. The van der Waals surface area contributed by atoms with Gasteiger partial charge >= 0.3 is 12.0 Å². The highest BCUT2D eigenvalue weighted by Crippen LogP contribution is 2.26. The maximum Gasteiger partial charge on any atom is 0.319 e. The second-order valence-corrected chi connectivity index (χ2v) is 6.47. The molecular weight excluding hydrogens is 310 g/mol. The second-order valence-electron chi connectivity index (χ2n) is 6.47. The van der Waals surface area contributed by atoms with E-state index in [0.717, 1.165) is 12.8 Å². The van der Waals surface area contributed by atoms with Gasteiger partial charge in [0.25, 0.3) is 5.91 Å². The first-order valence-corrected chi connectivity index (χ1v) is 8.22. The summed E-state index contributed by atoms with van der Waals surface area (Å²) in [5, 5.41) is 17.4. The number of rotatable bonds is 5. The molecule has 0 spiro atoms. The highest BCUT2D eigenvalue weighted by molar-refractivity contribution is 5.97. The Labute approximate surface area is 139 Å². The van der Waals surface area contributed by atoms with Crippen LogP contribution in [0.4, 0.5) is 10.5 Å². The predicted molar refractivity (Wildman–Crippen MR) is 87.8 cm³/mol. The average Bonchev–Trinajstić information content (AvgIpc) is 3.22. The molecular formula is C17H21N3O4. The predicted octanol–water partition coefficient (Wildman–Crippen LogP) is 1.95. The van der Waals surface area contributed by atoms with Crippen molar-refractivity contribution in [2.75, 3.05) is 5.32 Å². The Kier molecular flexibility index (Phi) is 4.69. The van der Waals surface area contributed by atoms with E-state index < -0.39 is 5.97 Å². The quantitative estimate of drug-likeness (QED) is 0.661. The van der Waals surface area contributed by atoms with Crippen molar-refractivity contribution in [1.82, 2.24) is 10.6 Å². The minimum Gasteiger partial charge on any atom is -0.481 e. The third kappa shape index (κ3) is 4.24. The number of urea groups is 1. The van der Waals surface area contributed by atoms with Gasteiger partial charge in [-0.2, -0.15) is 0 Å². The topological polar surface area (TPSA) is 108 Å². The van der Waals surface area contributed by atoms with E-state index in [9.17, 15) is 14.4 Å². The van der Waals surface area contributed by atoms with Gasteiger partial charge in [0.1, 0.15) is 0 Å². The molecule has 4 N–H and O–H groups in total. The van der Waals surface area contributed by atoms with Gasteiger partial charge in [-0.05, 0) is 50.3 Å². The molecule has 3 amide bonds. The SMILES string of the molecule is O=C(Nc1cccc(C(=O)N[C@H]2CC[C@@H](C(=O)O)C2)c1)NC1CC1. The molecule has 2 aliphatic rings. The third-order valence-electron chi connectivity index (χ3n) is 4.41. The average molecular weight is 331 g/mol. The fourth-order valence-electron chi connectivity index (χ4n) is 2.92. The lowest BCUT2D eigenvalue weighted by atomic mass is 10.1. The van der Waals surface area contributed by atoms with Crippen molar-refractivity contribution in [3.8, 4) is 0 Å². The lowest BCUT2D eigenvalue weighted by Crippen LogP contribution is -2.33. The van der Waals surface area contributed by atoms with Crippen molar-refractivity contribution in [2.24, 2.45) is 5.92 Å². The number of nitrogens with one attached hydrogen (secondary N) is 3. The monoisotopic (exact) mass is 331 g/mol. The Hall–Kier alpha value is -2.57. The lowest BCUT2D eigenvalue weighted by molar-refractivity contribution is -0.141. The molecule has 0 aliphatic heterocycles. The van der Waals surface area contributed by atoms with Crippen molar-refractivity contribution in [3.05, 3.63) is 29.8 Å². The van der Waals surface area contributed by atoms with E-state index in [0.29, 0.717) is 30.5 Å². The summed E-state index contributed by atoms with van der Waals surface area (Å²) >= 11 is 0. The first-order chi connectivity index (χ1) is 11.5. The number of carbonyl (C=O) groups excluding carboxylic acids is 2. The Morgan fingerprint density at radius 2 is 1.75 bits per heavy atom. The number of anilines is 1. The van der Waals surface area contributed by atoms with Crippen LogP contribution in [-0.2, 0) is 4.79 Å². The van der Waals surface area contributed by atoms with Crippen molar-refractivity contribution in [2.45, 2.75) is 44.2 Å². The van der Waals surface area contributed by atoms with Gasteiger partial charge in [-0.3, -0.25) is 9.59 Å². The summed E-state index contributed by atoms with van der Waals surface area (Å²) in [4.78, 5) is 35.0. The molecule has 0 heterocycles. The van der Waals surface area contributed by atoms with Crippen LogP contribution in [0.2, 0.25) is 0 Å². The molecule has 128 valence electrons. The van der Waals surface area contributed by atoms with E-state index in [2.05, 4.69) is 16.0 Å². The number of aliphatic carboxylic acids is 1. The summed E-state index contributed by atoms with van der Waals surface area (Å²) in [6.45, 7) is 0. The molecule has 0 saturated heterocycles. The lowest BCUT2D eigenvalue weighted by Gasteiger charge is -2.13. The van der Waals surface area contributed by atoms with Gasteiger partial charge in [-0.1, -0.05) is 6.07 Å². The Bertz CT molecular complexity index is 657. The van der Waals surface area contributed by atoms with Crippen LogP contribution in [0.25, 0.3) is 0 Å². The highest BCUT2D eigenvalue weighted by Gasteiger charge is 2.30. The Balaban J connectivity index is 1.55. The molecule has 2 fully saturated rings. The minimum absolute atomic E-state index is 0.117. The summed E-state index contributed by atoms with van der Waals surface area (Å²) < 4.78 is 0. The maximum absolute atomic E-state index is 12.3. The molecule has 0 radical (unpaired) electrons. The summed E-state index contributed by atoms with van der Waals surface area (Å²) in [5.41, 5.74) is 0.994. The Morgan fingerprint density at radius 1 is 1.00 bits per heavy atom. The minimum atomic E-state index is -0.806. The van der Waals surface area contributed by atoms with Crippen LogP contribution in [0, 0.1) is 5.92 Å². The smallest absolute Gasteiger partial charge is 0.319 e. The van der Waals surface area contributed by atoms with Gasteiger partial charge in [0.05, 0.1) is 5.92 Å². The van der Waals surface area contributed by atoms with Crippen molar-refractivity contribution >= 4 is 23.6 Å². The number of benzene rings is 1. The van der Waals surface area contributed by atoms with Gasteiger partial charge < -0.3 is 21.1 Å². The van der Waals surface area contributed by atoms with Gasteiger partial charge in [0, 0.05) is 23.3 Å². The zero-order valence-electron chi connectivity index (χ0n) is 13.2.